The minimum atomic E-state index is -3.62. The molecular formula is C14H18N6O3S. The van der Waals surface area contributed by atoms with Gasteiger partial charge in [-0.05, 0) is 12.1 Å². The number of nitrogens with zero attached hydrogens (tertiary/aromatic N) is 2. The number of rotatable bonds is 6. The number of hydrogen-bond donors (Lipinski definition) is 4. The second kappa shape index (κ2) is 7.07. The Balaban J connectivity index is 1.52. The van der Waals surface area contributed by atoms with E-state index in [1.165, 1.54) is 18.5 Å². The molecule has 0 fully saturated rings. The lowest BCUT2D eigenvalue weighted by molar-refractivity contribution is 0.0948. The van der Waals surface area contributed by atoms with Crippen LogP contribution in [0.25, 0.3) is 0 Å². The molecule has 24 heavy (non-hydrogen) atoms. The van der Waals surface area contributed by atoms with Gasteiger partial charge in [0.05, 0.1) is 0 Å². The van der Waals surface area contributed by atoms with Crippen LogP contribution in [-0.2, 0) is 23.0 Å². The highest BCUT2D eigenvalue weighted by Crippen LogP contribution is 2.14. The summed E-state index contributed by atoms with van der Waals surface area (Å²) in [5.74, 6) is -0.322. The topological polar surface area (TPSA) is 129 Å². The van der Waals surface area contributed by atoms with Crippen LogP contribution < -0.4 is 15.4 Å². The van der Waals surface area contributed by atoms with Gasteiger partial charge in [-0.25, -0.2) is 13.1 Å². The van der Waals surface area contributed by atoms with Crippen molar-refractivity contribution in [2.24, 2.45) is 0 Å². The van der Waals surface area contributed by atoms with Crippen LogP contribution in [-0.4, -0.2) is 49.1 Å². The molecule has 9 nitrogen and oxygen atoms in total. The maximum absolute atomic E-state index is 12.2. The number of carbonyl (C=O) groups is 1. The van der Waals surface area contributed by atoms with E-state index in [2.05, 4.69) is 30.5 Å². The summed E-state index contributed by atoms with van der Waals surface area (Å²) in [7, 11) is -3.62. The maximum Gasteiger partial charge on any atom is 0.272 e. The van der Waals surface area contributed by atoms with E-state index in [9.17, 15) is 13.2 Å². The number of aromatic amines is 1. The Morgan fingerprint density at radius 1 is 1.33 bits per heavy atom. The lowest BCUT2D eigenvalue weighted by Crippen LogP contribution is -2.35. The molecule has 4 N–H and O–H groups in total. The number of sulfonamides is 1. The minimum Gasteiger partial charge on any atom is -0.349 e. The zero-order chi connectivity index (χ0) is 17.0. The van der Waals surface area contributed by atoms with Crippen molar-refractivity contribution in [3.05, 3.63) is 41.5 Å². The summed E-state index contributed by atoms with van der Waals surface area (Å²) < 4.78 is 26.4. The van der Waals surface area contributed by atoms with Crippen LogP contribution >= 0.6 is 0 Å². The zero-order valence-corrected chi connectivity index (χ0v) is 13.7. The number of aromatic nitrogens is 3. The highest BCUT2D eigenvalue weighted by molar-refractivity contribution is 7.89. The van der Waals surface area contributed by atoms with E-state index < -0.39 is 10.0 Å². The lowest BCUT2D eigenvalue weighted by atomic mass is 10.1. The molecule has 1 aliphatic rings. The Kier molecular flexibility index (Phi) is 4.88. The predicted molar refractivity (Wildman–Crippen MR) is 85.8 cm³/mol. The summed E-state index contributed by atoms with van der Waals surface area (Å²) >= 11 is 0. The summed E-state index contributed by atoms with van der Waals surface area (Å²) in [6.45, 7) is 1.69. The van der Waals surface area contributed by atoms with Gasteiger partial charge in [0.2, 0.25) is 10.0 Å². The highest BCUT2D eigenvalue weighted by Gasteiger charge is 2.21. The number of hydrogen-bond acceptors (Lipinski definition) is 6. The van der Waals surface area contributed by atoms with Gasteiger partial charge in [-0.3, -0.25) is 14.9 Å². The molecule has 0 aromatic carbocycles. The summed E-state index contributed by atoms with van der Waals surface area (Å²) in [4.78, 5) is 16.0. The van der Waals surface area contributed by atoms with Gasteiger partial charge in [0.25, 0.3) is 5.91 Å². The number of pyridine rings is 1. The van der Waals surface area contributed by atoms with Gasteiger partial charge < -0.3 is 10.6 Å². The molecule has 2 aromatic heterocycles. The lowest BCUT2D eigenvalue weighted by Gasteiger charge is -2.13. The Labute approximate surface area is 139 Å². The van der Waals surface area contributed by atoms with E-state index in [1.54, 1.807) is 6.07 Å². The fraction of sp³-hybridized carbons (Fsp3) is 0.357. The molecule has 0 spiro atoms. The van der Waals surface area contributed by atoms with E-state index in [1.807, 2.05) is 0 Å². The number of fused-ring (bicyclic) bond motifs is 1. The standard InChI is InChI=1S/C14H18N6O3S/c21-14(13-11-9-16-5-3-12(11)19-20-13)17-6-7-18-24(22,23)10-2-1-4-15-8-10/h1-2,4,8,16,18H,3,5-7,9H2,(H,17,21)(H,19,20). The number of H-pyrrole nitrogens is 1. The van der Waals surface area contributed by atoms with E-state index in [0.29, 0.717) is 12.2 Å². The van der Waals surface area contributed by atoms with Gasteiger partial charge in [0, 0.05) is 56.3 Å². The van der Waals surface area contributed by atoms with Crippen molar-refractivity contribution in [1.82, 2.24) is 30.5 Å². The molecule has 128 valence electrons. The highest BCUT2D eigenvalue weighted by atomic mass is 32.2. The molecule has 0 radical (unpaired) electrons. The normalized spacial score (nSPS) is 14.2. The van der Waals surface area contributed by atoms with E-state index in [0.717, 1.165) is 24.2 Å². The smallest absolute Gasteiger partial charge is 0.272 e. The number of carbonyl (C=O) groups excluding carboxylic acids is 1. The van der Waals surface area contributed by atoms with Gasteiger partial charge in [-0.2, -0.15) is 5.10 Å². The van der Waals surface area contributed by atoms with Crippen molar-refractivity contribution in [1.29, 1.82) is 0 Å². The van der Waals surface area contributed by atoms with Gasteiger partial charge in [0.1, 0.15) is 4.90 Å². The van der Waals surface area contributed by atoms with Crippen molar-refractivity contribution < 1.29 is 13.2 Å². The Hall–Kier alpha value is -2.30. The van der Waals surface area contributed by atoms with E-state index >= 15 is 0 Å². The van der Waals surface area contributed by atoms with Crippen LogP contribution in [0, 0.1) is 0 Å². The monoisotopic (exact) mass is 350 g/mol. The summed E-state index contributed by atoms with van der Waals surface area (Å²) in [5.41, 5.74) is 2.19. The van der Waals surface area contributed by atoms with Crippen LogP contribution in [0.4, 0.5) is 0 Å². The Morgan fingerprint density at radius 3 is 3.00 bits per heavy atom. The van der Waals surface area contributed by atoms with E-state index in [4.69, 9.17) is 0 Å². The third-order valence-electron chi connectivity index (χ3n) is 3.67. The van der Waals surface area contributed by atoms with Crippen molar-refractivity contribution in [3.8, 4) is 0 Å². The molecule has 0 unspecified atom stereocenters. The van der Waals surface area contributed by atoms with Gasteiger partial charge in [0.15, 0.2) is 5.69 Å². The summed E-state index contributed by atoms with van der Waals surface area (Å²) in [6.07, 6.45) is 3.57. The summed E-state index contributed by atoms with van der Waals surface area (Å²) in [6, 6.07) is 3.00. The first kappa shape index (κ1) is 16.6. The van der Waals surface area contributed by atoms with Gasteiger partial charge in [-0.1, -0.05) is 0 Å². The maximum atomic E-state index is 12.2. The molecular weight excluding hydrogens is 332 g/mol. The Morgan fingerprint density at radius 2 is 2.21 bits per heavy atom. The first-order chi connectivity index (χ1) is 11.6. The molecule has 2 aromatic rings. The van der Waals surface area contributed by atoms with Crippen molar-refractivity contribution in [2.45, 2.75) is 17.9 Å². The van der Waals surface area contributed by atoms with Gasteiger partial charge in [-0.15, -0.1) is 0 Å². The number of nitrogens with one attached hydrogen (secondary N) is 4. The van der Waals surface area contributed by atoms with Crippen LogP contribution in [0.1, 0.15) is 21.7 Å². The molecule has 0 aliphatic carbocycles. The average Bonchev–Trinajstić information content (AvgIpc) is 3.03. The molecule has 3 rings (SSSR count). The molecule has 10 heteroatoms. The fourth-order valence-electron chi connectivity index (χ4n) is 2.45. The van der Waals surface area contributed by atoms with Crippen molar-refractivity contribution in [3.63, 3.8) is 0 Å². The SMILES string of the molecule is O=C(NCCNS(=O)(=O)c1cccnc1)c1n[nH]c2c1CNCC2. The molecule has 0 saturated heterocycles. The molecule has 0 saturated carbocycles. The zero-order valence-electron chi connectivity index (χ0n) is 12.9. The van der Waals surface area contributed by atoms with Crippen LogP contribution in [0.5, 0.6) is 0 Å². The summed E-state index contributed by atoms with van der Waals surface area (Å²) in [5, 5.41) is 12.8. The third kappa shape index (κ3) is 3.61. The van der Waals surface area contributed by atoms with Crippen molar-refractivity contribution >= 4 is 15.9 Å². The van der Waals surface area contributed by atoms with Crippen LogP contribution in [0.15, 0.2) is 29.4 Å². The average molecular weight is 350 g/mol. The van der Waals surface area contributed by atoms with Gasteiger partial charge >= 0.3 is 0 Å². The first-order valence-corrected chi connectivity index (χ1v) is 9.01. The quantitative estimate of drug-likeness (QED) is 0.503. The van der Waals surface area contributed by atoms with Crippen molar-refractivity contribution in [2.75, 3.05) is 19.6 Å². The van der Waals surface area contributed by atoms with Crippen LogP contribution in [0.2, 0.25) is 0 Å². The molecule has 0 bridgehead atoms. The number of amides is 1. The third-order valence-corrected chi connectivity index (χ3v) is 5.12. The second-order valence-corrected chi connectivity index (χ2v) is 7.07. The molecule has 3 heterocycles. The molecule has 1 aliphatic heterocycles. The Bertz CT molecular complexity index is 818. The first-order valence-electron chi connectivity index (χ1n) is 7.52. The largest absolute Gasteiger partial charge is 0.349 e. The predicted octanol–water partition coefficient (Wildman–Crippen LogP) is -0.841. The van der Waals surface area contributed by atoms with Crippen LogP contribution in [0.3, 0.4) is 0 Å². The minimum absolute atomic E-state index is 0.0772. The van der Waals surface area contributed by atoms with E-state index in [-0.39, 0.29) is 23.9 Å². The molecule has 0 atom stereocenters. The molecule has 1 amide bonds. The second-order valence-electron chi connectivity index (χ2n) is 5.30. The fourth-order valence-corrected chi connectivity index (χ4v) is 3.44.